The highest BCUT2D eigenvalue weighted by molar-refractivity contribution is 14.1. The summed E-state index contributed by atoms with van der Waals surface area (Å²) in [5, 5.41) is 0. The molecule has 4 nitrogen and oxygen atoms in total. The maximum Gasteiger partial charge on any atom is 0.223 e. The minimum absolute atomic E-state index is 0.0180. The van der Waals surface area contributed by atoms with Crippen molar-refractivity contribution in [2.24, 2.45) is 0 Å². The third-order valence-electron chi connectivity index (χ3n) is 2.30. The molecule has 2 aromatic rings. The summed E-state index contributed by atoms with van der Waals surface area (Å²) in [6.45, 7) is 1.54. The van der Waals surface area contributed by atoms with Crippen LogP contribution in [-0.4, -0.2) is 22.3 Å². The van der Waals surface area contributed by atoms with Gasteiger partial charge in [-0.1, -0.05) is 0 Å². The zero-order chi connectivity index (χ0) is 11.0. The third kappa shape index (κ3) is 1.83. The second kappa shape index (κ2) is 3.80. The van der Waals surface area contributed by atoms with E-state index in [4.69, 9.17) is 0 Å². The van der Waals surface area contributed by atoms with E-state index in [-0.39, 0.29) is 5.91 Å². The number of anilines is 1. The van der Waals surface area contributed by atoms with Crippen LogP contribution < -0.4 is 4.90 Å². The predicted molar refractivity (Wildman–Crippen MR) is 67.0 cm³/mol. The largest absolute Gasteiger partial charge is 0.314 e. The van der Waals surface area contributed by atoms with Crippen LogP contribution in [0, 0.1) is 3.70 Å². The van der Waals surface area contributed by atoms with Crippen LogP contribution in [0.4, 0.5) is 5.69 Å². The van der Waals surface area contributed by atoms with Gasteiger partial charge in [-0.3, -0.25) is 9.20 Å². The van der Waals surface area contributed by atoms with Crippen molar-refractivity contribution < 1.29 is 4.79 Å². The van der Waals surface area contributed by atoms with Gasteiger partial charge in [0.05, 0.1) is 11.9 Å². The smallest absolute Gasteiger partial charge is 0.223 e. The highest BCUT2D eigenvalue weighted by Gasteiger charge is 2.07. The Kier molecular flexibility index (Phi) is 2.64. The Labute approximate surface area is 101 Å². The first kappa shape index (κ1) is 10.4. The molecule has 0 saturated heterocycles. The monoisotopic (exact) mass is 315 g/mol. The van der Waals surface area contributed by atoms with Gasteiger partial charge in [0.15, 0.2) is 0 Å². The zero-order valence-electron chi connectivity index (χ0n) is 8.44. The molecule has 0 N–H and O–H groups in total. The van der Waals surface area contributed by atoms with Gasteiger partial charge in [0.25, 0.3) is 0 Å². The molecule has 0 spiro atoms. The zero-order valence-corrected chi connectivity index (χ0v) is 10.6. The summed E-state index contributed by atoms with van der Waals surface area (Å²) < 4.78 is 2.98. The Balaban J connectivity index is 2.54. The number of hydrogen-bond donors (Lipinski definition) is 0. The number of halogens is 1. The van der Waals surface area contributed by atoms with Crippen molar-refractivity contribution >= 4 is 39.8 Å². The standard InChI is InChI=1S/C10H10IN3O/c1-7(15)13(2)8-3-4-10-12-5-9(11)14(10)6-8/h3-6H,1-2H3. The maximum atomic E-state index is 11.2. The lowest BCUT2D eigenvalue weighted by molar-refractivity contribution is -0.116. The van der Waals surface area contributed by atoms with Crippen molar-refractivity contribution in [3.63, 3.8) is 0 Å². The van der Waals surface area contributed by atoms with E-state index in [1.807, 2.05) is 22.7 Å². The predicted octanol–water partition coefficient (Wildman–Crippen LogP) is 1.92. The minimum Gasteiger partial charge on any atom is -0.314 e. The first-order valence-corrected chi connectivity index (χ1v) is 5.54. The summed E-state index contributed by atoms with van der Waals surface area (Å²) in [7, 11) is 1.76. The lowest BCUT2D eigenvalue weighted by Crippen LogP contribution is -2.23. The molecule has 2 rings (SSSR count). The number of pyridine rings is 1. The van der Waals surface area contributed by atoms with Gasteiger partial charge >= 0.3 is 0 Å². The normalized spacial score (nSPS) is 10.6. The number of hydrogen-bond acceptors (Lipinski definition) is 2. The molecule has 15 heavy (non-hydrogen) atoms. The Morgan fingerprint density at radius 3 is 2.93 bits per heavy atom. The molecule has 0 radical (unpaired) electrons. The van der Waals surface area contributed by atoms with E-state index >= 15 is 0 Å². The summed E-state index contributed by atoms with van der Waals surface area (Å²) >= 11 is 2.21. The van der Waals surface area contributed by atoms with Crippen molar-refractivity contribution in [3.05, 3.63) is 28.2 Å². The van der Waals surface area contributed by atoms with E-state index in [2.05, 4.69) is 27.6 Å². The van der Waals surface area contributed by atoms with E-state index in [0.29, 0.717) is 0 Å². The molecule has 78 valence electrons. The second-order valence-electron chi connectivity index (χ2n) is 3.27. The van der Waals surface area contributed by atoms with Gasteiger partial charge in [-0.2, -0.15) is 0 Å². The number of amides is 1. The molecule has 0 aliphatic carbocycles. The summed E-state index contributed by atoms with van der Waals surface area (Å²) in [6, 6.07) is 3.79. The van der Waals surface area contributed by atoms with E-state index < -0.39 is 0 Å². The first-order valence-electron chi connectivity index (χ1n) is 4.46. The Bertz CT molecular complexity index is 520. The van der Waals surface area contributed by atoms with Gasteiger partial charge in [0, 0.05) is 20.2 Å². The van der Waals surface area contributed by atoms with Crippen molar-refractivity contribution in [2.75, 3.05) is 11.9 Å². The first-order chi connectivity index (χ1) is 7.09. The van der Waals surface area contributed by atoms with Crippen LogP contribution in [0.5, 0.6) is 0 Å². The molecule has 0 atom stereocenters. The molecular formula is C10H10IN3O. The summed E-state index contributed by atoms with van der Waals surface area (Å²) in [5.41, 5.74) is 1.76. The fourth-order valence-corrected chi connectivity index (χ4v) is 1.85. The van der Waals surface area contributed by atoms with Gasteiger partial charge in [0.1, 0.15) is 9.35 Å². The fraction of sp³-hybridized carbons (Fsp3) is 0.200. The second-order valence-corrected chi connectivity index (χ2v) is 4.38. The summed E-state index contributed by atoms with van der Waals surface area (Å²) in [6.07, 6.45) is 3.71. The van der Waals surface area contributed by atoms with Crippen LogP contribution >= 0.6 is 22.6 Å². The van der Waals surface area contributed by atoms with Gasteiger partial charge in [-0.15, -0.1) is 0 Å². The van der Waals surface area contributed by atoms with Crippen LogP contribution in [0.2, 0.25) is 0 Å². The van der Waals surface area contributed by atoms with Crippen molar-refractivity contribution in [3.8, 4) is 0 Å². The number of carbonyl (C=O) groups is 1. The molecule has 0 aliphatic heterocycles. The fourth-order valence-electron chi connectivity index (χ4n) is 1.32. The molecule has 1 amide bonds. The lowest BCUT2D eigenvalue weighted by atomic mass is 10.3. The SMILES string of the molecule is CC(=O)N(C)c1ccc2ncc(I)n2c1. The van der Waals surface area contributed by atoms with Crippen molar-refractivity contribution in [2.45, 2.75) is 6.92 Å². The van der Waals surface area contributed by atoms with Crippen LogP contribution in [0.3, 0.4) is 0 Å². The van der Waals surface area contributed by atoms with Gasteiger partial charge in [-0.25, -0.2) is 4.98 Å². The summed E-state index contributed by atoms with van der Waals surface area (Å²) in [5.74, 6) is 0.0180. The third-order valence-corrected chi connectivity index (χ3v) is 3.10. The summed E-state index contributed by atoms with van der Waals surface area (Å²) in [4.78, 5) is 17.0. The van der Waals surface area contributed by atoms with Crippen LogP contribution in [0.15, 0.2) is 24.5 Å². The van der Waals surface area contributed by atoms with E-state index in [9.17, 15) is 4.79 Å². The average Bonchev–Trinajstić information content (AvgIpc) is 2.59. The molecule has 0 aliphatic rings. The number of fused-ring (bicyclic) bond motifs is 1. The number of aromatic nitrogens is 2. The van der Waals surface area contributed by atoms with Crippen molar-refractivity contribution in [1.29, 1.82) is 0 Å². The average molecular weight is 315 g/mol. The number of imidazole rings is 1. The Morgan fingerprint density at radius 2 is 2.27 bits per heavy atom. The molecule has 2 aromatic heterocycles. The number of nitrogens with zero attached hydrogens (tertiary/aromatic N) is 3. The maximum absolute atomic E-state index is 11.2. The Hall–Kier alpha value is -1.11. The molecule has 5 heteroatoms. The van der Waals surface area contributed by atoms with Gasteiger partial charge in [-0.05, 0) is 34.7 Å². The molecule has 0 saturated carbocycles. The molecule has 2 heterocycles. The highest BCUT2D eigenvalue weighted by atomic mass is 127. The molecular weight excluding hydrogens is 305 g/mol. The Morgan fingerprint density at radius 1 is 1.53 bits per heavy atom. The minimum atomic E-state index is 0.0180. The number of carbonyl (C=O) groups excluding carboxylic acids is 1. The topological polar surface area (TPSA) is 37.6 Å². The van der Waals surface area contributed by atoms with Crippen LogP contribution in [0.25, 0.3) is 5.65 Å². The van der Waals surface area contributed by atoms with E-state index in [0.717, 1.165) is 15.0 Å². The van der Waals surface area contributed by atoms with Gasteiger partial charge < -0.3 is 4.90 Å². The van der Waals surface area contributed by atoms with Gasteiger partial charge in [0.2, 0.25) is 5.91 Å². The van der Waals surface area contributed by atoms with Crippen molar-refractivity contribution in [1.82, 2.24) is 9.38 Å². The molecule has 0 bridgehead atoms. The van der Waals surface area contributed by atoms with E-state index in [1.165, 1.54) is 0 Å². The quantitative estimate of drug-likeness (QED) is 0.754. The number of rotatable bonds is 1. The van der Waals surface area contributed by atoms with Crippen LogP contribution in [0.1, 0.15) is 6.92 Å². The molecule has 0 aromatic carbocycles. The molecule has 0 fully saturated rings. The van der Waals surface area contributed by atoms with Crippen LogP contribution in [-0.2, 0) is 4.79 Å². The van der Waals surface area contributed by atoms with E-state index in [1.54, 1.807) is 25.1 Å². The highest BCUT2D eigenvalue weighted by Crippen LogP contribution is 2.16. The lowest BCUT2D eigenvalue weighted by Gasteiger charge is -2.14. The molecule has 0 unspecified atom stereocenters.